The summed E-state index contributed by atoms with van der Waals surface area (Å²) in [5.74, 6) is -4.02. The predicted octanol–water partition coefficient (Wildman–Crippen LogP) is 0.0415. The number of aromatic hydroxyl groups is 4. The highest BCUT2D eigenvalue weighted by molar-refractivity contribution is 6.16. The maximum absolute atomic E-state index is 14.2. The van der Waals surface area contributed by atoms with Crippen LogP contribution in [0.5, 0.6) is 34.5 Å². The summed E-state index contributed by atoms with van der Waals surface area (Å²) in [4.78, 5) is 53.2. The van der Waals surface area contributed by atoms with Crippen LogP contribution in [-0.2, 0) is 0 Å². The van der Waals surface area contributed by atoms with E-state index in [1.807, 2.05) is 0 Å². The van der Waals surface area contributed by atoms with Gasteiger partial charge in [0, 0.05) is 55.9 Å². The first kappa shape index (κ1) is 30.7. The minimum Gasteiger partial charge on any atom is -0.507 e. The van der Waals surface area contributed by atoms with E-state index in [0.29, 0.717) is 0 Å². The lowest BCUT2D eigenvalue weighted by molar-refractivity contribution is -0.182. The molecule has 0 aromatic heterocycles. The molecule has 46 heavy (non-hydrogen) atoms. The summed E-state index contributed by atoms with van der Waals surface area (Å²) in [5.41, 5.74) is -8.99. The van der Waals surface area contributed by atoms with Crippen molar-refractivity contribution < 1.29 is 50.3 Å². The van der Waals surface area contributed by atoms with Crippen molar-refractivity contribution in [3.8, 4) is 45.6 Å². The van der Waals surface area contributed by atoms with Crippen molar-refractivity contribution in [1.29, 1.82) is 0 Å². The Labute approximate surface area is 255 Å². The highest BCUT2D eigenvalue weighted by Crippen LogP contribution is 2.59. The van der Waals surface area contributed by atoms with Crippen molar-refractivity contribution in [3.05, 3.63) is 86.2 Å². The topological polar surface area (TPSA) is 249 Å². The largest absolute Gasteiger partial charge is 0.507 e. The molecule has 4 atom stereocenters. The van der Waals surface area contributed by atoms with Crippen LogP contribution in [0.25, 0.3) is 32.7 Å². The number of methoxy groups -OCH3 is 2. The molecule has 14 nitrogen and oxygen atoms in total. The number of rotatable bonds is 3. The Morgan fingerprint density at radius 2 is 1.20 bits per heavy atom. The van der Waals surface area contributed by atoms with Crippen LogP contribution in [0.15, 0.2) is 37.4 Å². The number of aryl methyl sites for hydroxylation is 1. The third-order valence-electron chi connectivity index (χ3n) is 8.87. The van der Waals surface area contributed by atoms with E-state index >= 15 is 0 Å². The molecule has 0 spiro atoms. The summed E-state index contributed by atoms with van der Waals surface area (Å²) in [6.45, 7) is 2.24. The highest BCUT2D eigenvalue weighted by atomic mass is 16.5. The number of ether oxygens (including phenoxy) is 2. The number of aliphatic hydroxyl groups excluding tert-OH is 3. The number of benzene rings is 3. The Kier molecular flexibility index (Phi) is 6.59. The van der Waals surface area contributed by atoms with Gasteiger partial charge in [0.2, 0.25) is 16.3 Å². The fourth-order valence-electron chi connectivity index (χ4n) is 6.51. The monoisotopic (exact) mass is 634 g/mol. The Balaban J connectivity index is 1.97. The lowest BCUT2D eigenvalue weighted by atomic mass is 9.73. The second-order valence-corrected chi connectivity index (χ2v) is 11.4. The lowest BCUT2D eigenvalue weighted by Gasteiger charge is -2.42. The number of hydrogen-bond donors (Lipinski definition) is 8. The average molecular weight is 635 g/mol. The van der Waals surface area contributed by atoms with E-state index in [1.54, 1.807) is 0 Å². The number of fused-ring (bicyclic) bond motifs is 3. The third kappa shape index (κ3) is 3.66. The molecule has 0 saturated heterocycles. The van der Waals surface area contributed by atoms with Crippen LogP contribution in [-0.4, -0.2) is 66.8 Å². The molecule has 6 rings (SSSR count). The van der Waals surface area contributed by atoms with Gasteiger partial charge in [-0.1, -0.05) is 0 Å². The molecule has 0 fully saturated rings. The summed E-state index contributed by atoms with van der Waals surface area (Å²) in [6.07, 6.45) is -6.27. The van der Waals surface area contributed by atoms with Gasteiger partial charge in [-0.3, -0.25) is 19.2 Å². The highest BCUT2D eigenvalue weighted by Gasteiger charge is 2.52. The van der Waals surface area contributed by atoms with E-state index in [1.165, 1.54) is 6.92 Å². The third-order valence-corrected chi connectivity index (χ3v) is 8.87. The van der Waals surface area contributed by atoms with Crippen LogP contribution >= 0.6 is 0 Å². The lowest BCUT2D eigenvalue weighted by Crippen LogP contribution is -2.51. The summed E-state index contributed by atoms with van der Waals surface area (Å²) in [7, 11) is 2.29. The van der Waals surface area contributed by atoms with Crippen LogP contribution in [0.1, 0.15) is 35.8 Å². The number of phenols is 4. The van der Waals surface area contributed by atoms with Crippen LogP contribution in [0.3, 0.4) is 0 Å². The Morgan fingerprint density at radius 3 is 1.76 bits per heavy atom. The van der Waals surface area contributed by atoms with Crippen LogP contribution in [0.2, 0.25) is 0 Å². The summed E-state index contributed by atoms with van der Waals surface area (Å²) < 4.78 is 11.0. The van der Waals surface area contributed by atoms with E-state index in [-0.39, 0.29) is 28.2 Å². The zero-order valence-corrected chi connectivity index (χ0v) is 24.5. The minimum atomic E-state index is -2.47. The van der Waals surface area contributed by atoms with Gasteiger partial charge in [-0.25, -0.2) is 0 Å². The Bertz CT molecular complexity index is 2460. The van der Waals surface area contributed by atoms with Crippen molar-refractivity contribution >= 4 is 21.5 Å². The first-order valence-corrected chi connectivity index (χ1v) is 13.7. The Morgan fingerprint density at radius 1 is 0.674 bits per heavy atom. The molecule has 238 valence electrons. The molecule has 0 radical (unpaired) electrons. The molecule has 3 aliphatic rings. The van der Waals surface area contributed by atoms with Crippen LogP contribution in [0, 0.1) is 17.4 Å². The quantitative estimate of drug-likeness (QED) is 0.0965. The zero-order valence-electron chi connectivity index (χ0n) is 24.5. The van der Waals surface area contributed by atoms with Gasteiger partial charge in [-0.15, -0.1) is 0 Å². The molecule has 3 aromatic rings. The van der Waals surface area contributed by atoms with Gasteiger partial charge < -0.3 is 50.3 Å². The van der Waals surface area contributed by atoms with Crippen molar-refractivity contribution in [2.45, 2.75) is 37.8 Å². The maximum atomic E-state index is 14.2. The molecule has 0 heterocycles. The van der Waals surface area contributed by atoms with Gasteiger partial charge in [-0.2, -0.15) is 0 Å². The second-order valence-electron chi connectivity index (χ2n) is 11.4. The molecule has 3 aliphatic carbocycles. The van der Waals surface area contributed by atoms with Crippen molar-refractivity contribution in [1.82, 2.24) is 0 Å². The van der Waals surface area contributed by atoms with Gasteiger partial charge in [0.15, 0.2) is 5.43 Å². The van der Waals surface area contributed by atoms with E-state index < -0.39 is 112 Å². The average Bonchev–Trinajstić information content (AvgIpc) is 3.01. The minimum absolute atomic E-state index is 0.134. The molecule has 8 N–H and O–H groups in total. The first-order valence-electron chi connectivity index (χ1n) is 13.7. The van der Waals surface area contributed by atoms with Crippen molar-refractivity contribution in [2.24, 2.45) is 0 Å². The van der Waals surface area contributed by atoms with Gasteiger partial charge in [0.25, 0.3) is 0 Å². The van der Waals surface area contributed by atoms with Crippen LogP contribution < -0.4 is 31.2 Å². The fourth-order valence-corrected chi connectivity index (χ4v) is 6.51. The van der Waals surface area contributed by atoms with Crippen molar-refractivity contribution in [2.75, 3.05) is 14.2 Å². The molecular weight excluding hydrogens is 608 g/mol. The molecule has 14 heteroatoms. The van der Waals surface area contributed by atoms with Gasteiger partial charge >= 0.3 is 0 Å². The molecule has 0 amide bonds. The van der Waals surface area contributed by atoms with Gasteiger partial charge in [0.05, 0.1) is 30.2 Å². The second kappa shape index (κ2) is 9.86. The summed E-state index contributed by atoms with van der Waals surface area (Å²) in [5, 5.41) is 84.9. The van der Waals surface area contributed by atoms with Crippen molar-refractivity contribution in [3.63, 3.8) is 0 Å². The van der Waals surface area contributed by atoms with Crippen LogP contribution in [0.4, 0.5) is 0 Å². The zero-order chi connectivity index (χ0) is 33.9. The molecule has 0 aliphatic heterocycles. The number of hydrogen-bond acceptors (Lipinski definition) is 14. The molecular formula is C32H26O14. The molecule has 3 aromatic carbocycles. The van der Waals surface area contributed by atoms with E-state index in [2.05, 4.69) is 0 Å². The normalized spacial score (nSPS) is 21.2. The molecule has 0 saturated carbocycles. The smallest absolute Gasteiger partial charge is 0.237 e. The molecule has 0 bridgehead atoms. The Hall–Kier alpha value is -5.28. The maximum Gasteiger partial charge on any atom is 0.237 e. The SMILES string of the molecule is COc1cc(O)c2c(O)c3c(c(O)c2c1-c1c(OC)cc(O)c2c(=O)c4c(=O)c(=O)c(C)cc=4c(=O)c12)[C@H](O)[C@](C)(O)[C@H](O)[C@@H]3O. The predicted molar refractivity (Wildman–Crippen MR) is 161 cm³/mol. The fraction of sp³-hybridized carbons (Fsp3) is 0.250. The summed E-state index contributed by atoms with van der Waals surface area (Å²) >= 11 is 0. The van der Waals surface area contributed by atoms with Gasteiger partial charge in [-0.05, 0) is 19.9 Å². The van der Waals surface area contributed by atoms with E-state index in [9.17, 15) is 60.0 Å². The first-order chi connectivity index (χ1) is 21.5. The molecule has 0 unspecified atom stereocenters. The van der Waals surface area contributed by atoms with Gasteiger partial charge in [0.1, 0.15) is 58.4 Å². The number of phenolic OH excluding ortho intramolecular Hbond substituents is 4. The van der Waals surface area contributed by atoms with E-state index in [4.69, 9.17) is 9.47 Å². The standard InChI is InChI=1S/C32H26O14/c1-8-5-9-14(28(40)23(8)35)25(37)15-10(33)6-12(45-3)17(19(15)24(9)36)18-13(46-4)7-11(34)16-20(18)27(39)22-21(26(16)38)29(41)31(43)32(2,44)30(22)42/h5-7,29-31,33-34,38-39,41-44H,1-4H3/t29-,30+,31-,32+/m1/s1. The summed E-state index contributed by atoms with van der Waals surface area (Å²) in [6, 6.07) is 2.95. The number of aliphatic hydroxyl groups is 4. The van der Waals surface area contributed by atoms with E-state index in [0.717, 1.165) is 39.3 Å².